The van der Waals surface area contributed by atoms with Crippen LogP contribution in [-0.2, 0) is 11.2 Å². The summed E-state index contributed by atoms with van der Waals surface area (Å²) < 4.78 is 23.1. The van der Waals surface area contributed by atoms with E-state index in [1.54, 1.807) is 7.11 Å². The number of fused-ring (bicyclic) bond motifs is 1. The van der Waals surface area contributed by atoms with E-state index in [2.05, 4.69) is 4.90 Å². The molecule has 1 aliphatic rings. The Morgan fingerprint density at radius 3 is 2.61 bits per heavy atom. The van der Waals surface area contributed by atoms with Crippen molar-refractivity contribution >= 4 is 22.6 Å². The first-order chi connectivity index (χ1) is 13.7. The van der Waals surface area contributed by atoms with Gasteiger partial charge in [-0.25, -0.2) is 0 Å². The van der Waals surface area contributed by atoms with E-state index in [-0.39, 0.29) is 0 Å². The number of rotatable bonds is 7. The lowest BCUT2D eigenvalue weighted by Crippen LogP contribution is -2.38. The van der Waals surface area contributed by atoms with Crippen molar-refractivity contribution in [2.45, 2.75) is 6.42 Å². The molecule has 148 valence electrons. The van der Waals surface area contributed by atoms with Crippen LogP contribution in [0.4, 0.5) is 0 Å². The van der Waals surface area contributed by atoms with Gasteiger partial charge in [-0.1, -0.05) is 23.7 Å². The highest BCUT2D eigenvalue weighted by Gasteiger charge is 2.18. The van der Waals surface area contributed by atoms with E-state index in [1.165, 1.54) is 0 Å². The van der Waals surface area contributed by atoms with Crippen molar-refractivity contribution in [2.24, 2.45) is 0 Å². The number of ether oxygens (including phenoxy) is 3. The Kier molecular flexibility index (Phi) is 6.05. The summed E-state index contributed by atoms with van der Waals surface area (Å²) in [4.78, 5) is 2.35. The Morgan fingerprint density at radius 1 is 1.07 bits per heavy atom. The number of hydrogen-bond acceptors (Lipinski definition) is 5. The van der Waals surface area contributed by atoms with Crippen molar-refractivity contribution in [3.63, 3.8) is 0 Å². The van der Waals surface area contributed by atoms with Gasteiger partial charge in [0.25, 0.3) is 0 Å². The van der Waals surface area contributed by atoms with Crippen molar-refractivity contribution < 1.29 is 18.6 Å². The predicted molar refractivity (Wildman–Crippen MR) is 110 cm³/mol. The van der Waals surface area contributed by atoms with Gasteiger partial charge in [0.2, 0.25) is 0 Å². The highest BCUT2D eigenvalue weighted by atomic mass is 35.5. The van der Waals surface area contributed by atoms with E-state index in [0.717, 1.165) is 71.7 Å². The number of methoxy groups -OCH3 is 1. The Labute approximate surface area is 169 Å². The van der Waals surface area contributed by atoms with Gasteiger partial charge >= 0.3 is 0 Å². The van der Waals surface area contributed by atoms with Crippen molar-refractivity contribution in [2.75, 3.05) is 46.6 Å². The fourth-order valence-corrected chi connectivity index (χ4v) is 3.52. The fraction of sp³-hybridized carbons (Fsp3) is 0.364. The number of furan rings is 1. The Morgan fingerprint density at radius 2 is 1.86 bits per heavy atom. The molecule has 0 spiro atoms. The quantitative estimate of drug-likeness (QED) is 0.587. The van der Waals surface area contributed by atoms with Crippen LogP contribution in [0.2, 0.25) is 5.02 Å². The first kappa shape index (κ1) is 19.1. The number of benzene rings is 2. The molecule has 0 N–H and O–H groups in total. The second-order valence-corrected chi connectivity index (χ2v) is 7.26. The third-order valence-corrected chi connectivity index (χ3v) is 5.21. The van der Waals surface area contributed by atoms with Crippen LogP contribution in [0.1, 0.15) is 11.3 Å². The lowest BCUT2D eigenvalue weighted by atomic mass is 10.1. The van der Waals surface area contributed by atoms with E-state index in [1.807, 2.05) is 42.5 Å². The number of nitrogens with zero attached hydrogens (tertiary/aromatic N) is 1. The number of hydrogen-bond donors (Lipinski definition) is 0. The van der Waals surface area contributed by atoms with Crippen molar-refractivity contribution in [1.29, 1.82) is 0 Å². The molecule has 2 aromatic carbocycles. The van der Waals surface area contributed by atoms with E-state index >= 15 is 0 Å². The monoisotopic (exact) mass is 401 g/mol. The molecule has 0 aliphatic carbocycles. The van der Waals surface area contributed by atoms with Gasteiger partial charge in [-0.2, -0.15) is 0 Å². The van der Waals surface area contributed by atoms with Gasteiger partial charge in [-0.3, -0.25) is 4.90 Å². The molecule has 0 amide bonds. The molecule has 1 aromatic heterocycles. The molecule has 6 heteroatoms. The second-order valence-electron chi connectivity index (χ2n) is 6.82. The molecular formula is C22H24ClNO4. The summed E-state index contributed by atoms with van der Waals surface area (Å²) in [6.45, 7) is 4.95. The number of morpholine rings is 1. The normalized spacial score (nSPS) is 15.1. The van der Waals surface area contributed by atoms with E-state index in [0.29, 0.717) is 13.0 Å². The van der Waals surface area contributed by atoms with Crippen LogP contribution in [-0.4, -0.2) is 51.5 Å². The average molecular weight is 402 g/mol. The first-order valence-corrected chi connectivity index (χ1v) is 9.87. The average Bonchev–Trinajstić information content (AvgIpc) is 3.06. The SMILES string of the molecule is COc1ccc2c(OCCN3CCOCC3)c(Cc3ccc(Cl)cc3)oc2c1. The summed E-state index contributed by atoms with van der Waals surface area (Å²) in [6, 6.07) is 13.6. The maximum atomic E-state index is 6.22. The lowest BCUT2D eigenvalue weighted by Gasteiger charge is -2.26. The molecule has 0 bridgehead atoms. The molecule has 1 aliphatic heterocycles. The molecule has 2 heterocycles. The smallest absolute Gasteiger partial charge is 0.168 e. The molecule has 0 saturated carbocycles. The lowest BCUT2D eigenvalue weighted by molar-refractivity contribution is 0.0322. The highest BCUT2D eigenvalue weighted by Crippen LogP contribution is 2.36. The minimum atomic E-state index is 0.605. The van der Waals surface area contributed by atoms with Gasteiger partial charge in [0.05, 0.1) is 25.7 Å². The Bertz CT molecular complexity index is 916. The number of halogens is 1. The third-order valence-electron chi connectivity index (χ3n) is 4.96. The van der Waals surface area contributed by atoms with Gasteiger partial charge in [0.15, 0.2) is 11.5 Å². The van der Waals surface area contributed by atoms with Gasteiger partial charge in [0.1, 0.15) is 17.9 Å². The van der Waals surface area contributed by atoms with Crippen LogP contribution in [0.3, 0.4) is 0 Å². The summed E-state index contributed by atoms with van der Waals surface area (Å²) in [5, 5.41) is 1.69. The van der Waals surface area contributed by atoms with E-state index in [9.17, 15) is 0 Å². The van der Waals surface area contributed by atoms with Gasteiger partial charge in [0, 0.05) is 37.1 Å². The van der Waals surface area contributed by atoms with Gasteiger partial charge < -0.3 is 18.6 Å². The van der Waals surface area contributed by atoms with Crippen LogP contribution >= 0.6 is 11.6 Å². The van der Waals surface area contributed by atoms with E-state index < -0.39 is 0 Å². The molecule has 0 unspecified atom stereocenters. The zero-order chi connectivity index (χ0) is 19.3. The summed E-state index contributed by atoms with van der Waals surface area (Å²) in [7, 11) is 1.65. The predicted octanol–water partition coefficient (Wildman–Crippen LogP) is 4.40. The van der Waals surface area contributed by atoms with Crippen molar-refractivity contribution in [3.8, 4) is 11.5 Å². The third kappa shape index (κ3) is 4.43. The molecule has 3 aromatic rings. The molecule has 1 fully saturated rings. The van der Waals surface area contributed by atoms with Gasteiger partial charge in [-0.05, 0) is 29.8 Å². The standard InChI is InChI=1S/C22H24ClNO4/c1-25-18-6-7-19-20(15-18)28-21(14-16-2-4-17(23)5-3-16)22(19)27-13-10-24-8-11-26-12-9-24/h2-7,15H,8-14H2,1H3. The van der Waals surface area contributed by atoms with Crippen LogP contribution in [0.5, 0.6) is 11.5 Å². The zero-order valence-corrected chi connectivity index (χ0v) is 16.7. The summed E-state index contributed by atoms with van der Waals surface area (Å²) in [5.41, 5.74) is 1.89. The Balaban J connectivity index is 1.56. The largest absolute Gasteiger partial charge is 0.497 e. The molecular weight excluding hydrogens is 378 g/mol. The summed E-state index contributed by atoms with van der Waals surface area (Å²) in [6.07, 6.45) is 0.640. The van der Waals surface area contributed by atoms with Crippen LogP contribution in [0.25, 0.3) is 11.0 Å². The molecule has 5 nitrogen and oxygen atoms in total. The first-order valence-electron chi connectivity index (χ1n) is 9.49. The van der Waals surface area contributed by atoms with Crippen LogP contribution < -0.4 is 9.47 Å². The van der Waals surface area contributed by atoms with Gasteiger partial charge in [-0.15, -0.1) is 0 Å². The molecule has 1 saturated heterocycles. The molecule has 28 heavy (non-hydrogen) atoms. The topological polar surface area (TPSA) is 44.1 Å². The van der Waals surface area contributed by atoms with E-state index in [4.69, 9.17) is 30.2 Å². The fourth-order valence-electron chi connectivity index (χ4n) is 3.39. The molecule has 4 rings (SSSR count). The molecule has 0 atom stereocenters. The van der Waals surface area contributed by atoms with Crippen LogP contribution in [0, 0.1) is 0 Å². The molecule has 0 radical (unpaired) electrons. The maximum Gasteiger partial charge on any atom is 0.168 e. The minimum absolute atomic E-state index is 0.605. The zero-order valence-electron chi connectivity index (χ0n) is 15.9. The summed E-state index contributed by atoms with van der Waals surface area (Å²) >= 11 is 6.01. The second kappa shape index (κ2) is 8.86. The summed E-state index contributed by atoms with van der Waals surface area (Å²) in [5.74, 6) is 2.38. The van der Waals surface area contributed by atoms with Crippen LogP contribution in [0.15, 0.2) is 46.9 Å². The maximum absolute atomic E-state index is 6.22. The van der Waals surface area contributed by atoms with Crippen molar-refractivity contribution in [1.82, 2.24) is 4.90 Å². The highest BCUT2D eigenvalue weighted by molar-refractivity contribution is 6.30. The minimum Gasteiger partial charge on any atom is -0.497 e. The Hall–Kier alpha value is -2.21. The van der Waals surface area contributed by atoms with Crippen molar-refractivity contribution in [3.05, 3.63) is 58.8 Å².